The number of fused-ring (bicyclic) bond motifs is 9. The lowest BCUT2D eigenvalue weighted by Gasteiger charge is -2.09. The lowest BCUT2D eigenvalue weighted by atomic mass is 10.0. The molecule has 0 amide bonds. The van der Waals surface area contributed by atoms with Crippen molar-refractivity contribution in [1.82, 2.24) is 19.1 Å². The van der Waals surface area contributed by atoms with Crippen molar-refractivity contribution in [3.8, 4) is 45.1 Å². The predicted octanol–water partition coefficient (Wildman–Crippen LogP) is 11.6. The topological polar surface area (TPSA) is 35.6 Å². The van der Waals surface area contributed by atoms with Gasteiger partial charge < -0.3 is 9.13 Å². The van der Waals surface area contributed by atoms with E-state index in [1.54, 1.807) is 0 Å². The maximum Gasteiger partial charge on any atom is 0.0931 e. The molecule has 0 bridgehead atoms. The van der Waals surface area contributed by atoms with Crippen LogP contribution < -0.4 is 0 Å². The molecule has 0 saturated carbocycles. The van der Waals surface area contributed by atoms with Crippen molar-refractivity contribution >= 4 is 43.6 Å². The molecular weight excluding hydrogens is 621 g/mol. The van der Waals surface area contributed by atoms with Gasteiger partial charge in [0.15, 0.2) is 0 Å². The first-order valence-electron chi connectivity index (χ1n) is 17.5. The van der Waals surface area contributed by atoms with Crippen LogP contribution in [0.1, 0.15) is 11.1 Å². The van der Waals surface area contributed by atoms with Crippen molar-refractivity contribution in [2.24, 2.45) is 0 Å². The maximum atomic E-state index is 5.26. The predicted molar refractivity (Wildman–Crippen MR) is 210 cm³/mol. The second kappa shape index (κ2) is 10.9. The quantitative estimate of drug-likeness (QED) is 0.190. The number of hydrogen-bond acceptors (Lipinski definition) is 2. The molecule has 6 aromatic carbocycles. The molecule has 51 heavy (non-hydrogen) atoms. The van der Waals surface area contributed by atoms with Gasteiger partial charge >= 0.3 is 0 Å². The zero-order valence-electron chi connectivity index (χ0n) is 27.7. The van der Waals surface area contributed by atoms with E-state index >= 15 is 0 Å². The van der Waals surface area contributed by atoms with E-state index in [9.17, 15) is 0 Å². The zero-order valence-corrected chi connectivity index (χ0v) is 27.7. The Morgan fingerprint density at radius 1 is 0.392 bits per heavy atom. The SMILES string of the molecule is c1ccc(-n2c3ccccc3c3cc(-c4cnc5c(c4)Cc4ccc(-c6ccc7c8ccccc8n(-c8ccccc8)c7c6)nc4-5)ccc32)cc1. The summed E-state index contributed by atoms with van der Waals surface area (Å²) in [5.74, 6) is 0. The van der Waals surface area contributed by atoms with Gasteiger partial charge in [-0.3, -0.25) is 4.98 Å². The number of nitrogens with zero attached hydrogens (tertiary/aromatic N) is 4. The maximum absolute atomic E-state index is 5.26. The second-order valence-corrected chi connectivity index (χ2v) is 13.5. The molecular formula is C47H30N4. The highest BCUT2D eigenvalue weighted by Gasteiger charge is 2.24. The largest absolute Gasteiger partial charge is 0.309 e. The summed E-state index contributed by atoms with van der Waals surface area (Å²) in [5.41, 5.74) is 15.9. The summed E-state index contributed by atoms with van der Waals surface area (Å²) < 4.78 is 4.71. The fourth-order valence-corrected chi connectivity index (χ4v) is 8.21. The Bertz CT molecular complexity index is 2990. The van der Waals surface area contributed by atoms with Gasteiger partial charge in [0, 0.05) is 56.7 Å². The van der Waals surface area contributed by atoms with Crippen LogP contribution in [0.15, 0.2) is 170 Å². The van der Waals surface area contributed by atoms with Gasteiger partial charge in [-0.25, -0.2) is 4.98 Å². The van der Waals surface area contributed by atoms with Crippen molar-refractivity contribution in [3.63, 3.8) is 0 Å². The molecule has 0 saturated heterocycles. The van der Waals surface area contributed by atoms with Crippen molar-refractivity contribution in [2.45, 2.75) is 6.42 Å². The summed E-state index contributed by atoms with van der Waals surface area (Å²) in [6.45, 7) is 0. The van der Waals surface area contributed by atoms with Crippen LogP contribution in [0, 0.1) is 0 Å². The van der Waals surface area contributed by atoms with Gasteiger partial charge in [-0.15, -0.1) is 0 Å². The van der Waals surface area contributed by atoms with Crippen molar-refractivity contribution in [1.29, 1.82) is 0 Å². The molecule has 4 nitrogen and oxygen atoms in total. The third-order valence-corrected chi connectivity index (χ3v) is 10.6. The van der Waals surface area contributed by atoms with Crippen LogP contribution in [-0.4, -0.2) is 19.1 Å². The van der Waals surface area contributed by atoms with Crippen LogP contribution in [-0.2, 0) is 6.42 Å². The Labute approximate surface area is 294 Å². The Morgan fingerprint density at radius 3 is 1.75 bits per heavy atom. The smallest absolute Gasteiger partial charge is 0.0931 e. The molecule has 11 rings (SSSR count). The Kier molecular flexibility index (Phi) is 5.98. The van der Waals surface area contributed by atoms with Crippen LogP contribution in [0.4, 0.5) is 0 Å². The molecule has 0 radical (unpaired) electrons. The van der Waals surface area contributed by atoms with Gasteiger partial charge in [-0.05, 0) is 83.4 Å². The molecule has 10 aromatic rings. The molecule has 0 aliphatic heterocycles. The molecule has 1 aliphatic carbocycles. The minimum absolute atomic E-state index is 0.829. The van der Waals surface area contributed by atoms with E-state index in [1.165, 1.54) is 66.0 Å². The molecule has 0 N–H and O–H groups in total. The standard InChI is InChI=1S/C47H30N4/c1-3-11-35(12-4-1)50-43-18-10-8-16-38(43)40-27-30(21-24-44(40)50)34-26-33-25-32-20-23-41(49-47(32)46(33)48-29-34)31-19-22-39-37-15-7-9-17-42(37)51(45(39)28-31)36-13-5-2-6-14-36/h1-24,26-29H,25H2. The zero-order chi connectivity index (χ0) is 33.5. The van der Waals surface area contributed by atoms with Crippen molar-refractivity contribution < 1.29 is 0 Å². The fraction of sp³-hybridized carbons (Fsp3) is 0.0213. The minimum Gasteiger partial charge on any atom is -0.309 e. The van der Waals surface area contributed by atoms with Crippen molar-refractivity contribution in [2.75, 3.05) is 0 Å². The summed E-state index contributed by atoms with van der Waals surface area (Å²) in [6.07, 6.45) is 2.85. The summed E-state index contributed by atoms with van der Waals surface area (Å²) in [6, 6.07) is 58.8. The number of hydrogen-bond donors (Lipinski definition) is 0. The van der Waals surface area contributed by atoms with Crippen LogP contribution in [0.25, 0.3) is 88.8 Å². The van der Waals surface area contributed by atoms with Crippen LogP contribution in [0.3, 0.4) is 0 Å². The average molecular weight is 651 g/mol. The lowest BCUT2D eigenvalue weighted by molar-refractivity contribution is 1.18. The Morgan fingerprint density at radius 2 is 1.00 bits per heavy atom. The average Bonchev–Trinajstić information content (AvgIpc) is 3.85. The van der Waals surface area contributed by atoms with Gasteiger partial charge in [-0.1, -0.05) is 97.1 Å². The van der Waals surface area contributed by atoms with Crippen LogP contribution in [0.2, 0.25) is 0 Å². The number of pyridine rings is 2. The van der Waals surface area contributed by atoms with E-state index in [1.807, 2.05) is 6.20 Å². The van der Waals surface area contributed by atoms with Gasteiger partial charge in [0.1, 0.15) is 0 Å². The minimum atomic E-state index is 0.829. The summed E-state index contributed by atoms with van der Waals surface area (Å²) in [7, 11) is 0. The second-order valence-electron chi connectivity index (χ2n) is 13.5. The monoisotopic (exact) mass is 650 g/mol. The fourth-order valence-electron chi connectivity index (χ4n) is 8.21. The molecule has 1 aliphatic rings. The number of aromatic nitrogens is 4. The van der Waals surface area contributed by atoms with Gasteiger partial charge in [0.25, 0.3) is 0 Å². The van der Waals surface area contributed by atoms with E-state index in [2.05, 4.69) is 173 Å². The molecule has 0 unspecified atom stereocenters. The van der Waals surface area contributed by atoms with Crippen LogP contribution in [0.5, 0.6) is 0 Å². The molecule has 0 spiro atoms. The van der Waals surface area contributed by atoms with E-state index in [4.69, 9.17) is 9.97 Å². The van der Waals surface area contributed by atoms with Gasteiger partial charge in [0.05, 0.1) is 39.1 Å². The first-order valence-corrected chi connectivity index (χ1v) is 17.5. The van der Waals surface area contributed by atoms with Gasteiger partial charge in [0.2, 0.25) is 0 Å². The van der Waals surface area contributed by atoms with Crippen LogP contribution >= 0.6 is 0 Å². The number of para-hydroxylation sites is 4. The third kappa shape index (κ3) is 4.26. The first-order chi connectivity index (χ1) is 25.3. The normalized spacial score (nSPS) is 12.2. The molecule has 0 fully saturated rings. The van der Waals surface area contributed by atoms with E-state index in [0.717, 1.165) is 40.3 Å². The Balaban J connectivity index is 0.988. The third-order valence-electron chi connectivity index (χ3n) is 10.6. The number of benzene rings is 6. The summed E-state index contributed by atoms with van der Waals surface area (Å²) >= 11 is 0. The highest BCUT2D eigenvalue weighted by molar-refractivity contribution is 6.11. The van der Waals surface area contributed by atoms with Gasteiger partial charge in [-0.2, -0.15) is 0 Å². The highest BCUT2D eigenvalue weighted by Crippen LogP contribution is 2.40. The highest BCUT2D eigenvalue weighted by atomic mass is 15.0. The Hall–Kier alpha value is -6.78. The molecule has 238 valence electrons. The van der Waals surface area contributed by atoms with E-state index in [-0.39, 0.29) is 0 Å². The molecule has 4 heterocycles. The first kappa shape index (κ1) is 28.1. The molecule has 4 aromatic heterocycles. The molecule has 4 heteroatoms. The summed E-state index contributed by atoms with van der Waals surface area (Å²) in [5, 5.41) is 4.98. The lowest BCUT2D eigenvalue weighted by Crippen LogP contribution is -1.94. The van der Waals surface area contributed by atoms with Crippen molar-refractivity contribution in [3.05, 3.63) is 181 Å². The van der Waals surface area contributed by atoms with E-state index < -0.39 is 0 Å². The summed E-state index contributed by atoms with van der Waals surface area (Å²) in [4.78, 5) is 10.3. The number of rotatable bonds is 4. The molecule has 0 atom stereocenters. The van der Waals surface area contributed by atoms with E-state index in [0.29, 0.717) is 0 Å².